The van der Waals surface area contributed by atoms with Crippen molar-refractivity contribution >= 4 is 5.71 Å². The van der Waals surface area contributed by atoms with Gasteiger partial charge in [-0.1, -0.05) is 48.5 Å². The Balaban J connectivity index is 5.04. The molecule has 0 aromatic rings. The van der Waals surface area contributed by atoms with Crippen LogP contribution in [0.25, 0.3) is 0 Å². The highest BCUT2D eigenvalue weighted by molar-refractivity contribution is 5.85. The average molecular weight is 197 g/mol. The van der Waals surface area contributed by atoms with Gasteiger partial charge in [0.2, 0.25) is 0 Å². The molecule has 0 aliphatic heterocycles. The fourth-order valence-corrected chi connectivity index (χ4v) is 2.02. The van der Waals surface area contributed by atoms with Crippen molar-refractivity contribution in [3.63, 3.8) is 0 Å². The zero-order chi connectivity index (χ0) is 11.8. The zero-order valence-corrected chi connectivity index (χ0v) is 11.2. The lowest BCUT2D eigenvalue weighted by Gasteiger charge is -2.45. The Hall–Kier alpha value is -0.330. The van der Waals surface area contributed by atoms with Crippen molar-refractivity contribution in [3.8, 4) is 0 Å². The van der Waals surface area contributed by atoms with Crippen molar-refractivity contribution in [2.75, 3.05) is 0 Å². The summed E-state index contributed by atoms with van der Waals surface area (Å²) >= 11 is 0. The Morgan fingerprint density at radius 3 is 1.36 bits per heavy atom. The molecule has 0 amide bonds. The molecule has 1 unspecified atom stereocenters. The highest BCUT2D eigenvalue weighted by Crippen LogP contribution is 2.47. The van der Waals surface area contributed by atoms with Crippen LogP contribution in [0.1, 0.15) is 61.8 Å². The topological polar surface area (TPSA) is 23.9 Å². The van der Waals surface area contributed by atoms with Gasteiger partial charge in [0, 0.05) is 11.1 Å². The largest absolute Gasteiger partial charge is 0.309 e. The van der Waals surface area contributed by atoms with Gasteiger partial charge < -0.3 is 5.41 Å². The van der Waals surface area contributed by atoms with Gasteiger partial charge in [0.15, 0.2) is 0 Å². The van der Waals surface area contributed by atoms with Crippen molar-refractivity contribution in [2.24, 2.45) is 16.2 Å². The highest BCUT2D eigenvalue weighted by atomic mass is 14.5. The van der Waals surface area contributed by atoms with Crippen LogP contribution in [0.5, 0.6) is 0 Å². The Bertz CT molecular complexity index is 214. The summed E-state index contributed by atoms with van der Waals surface area (Å²) in [6.45, 7) is 17.6. The number of hydrogen-bond donors (Lipinski definition) is 1. The summed E-state index contributed by atoms with van der Waals surface area (Å²) in [6.07, 6.45) is 1.07. The van der Waals surface area contributed by atoms with Gasteiger partial charge in [-0.25, -0.2) is 0 Å². The molecule has 0 heterocycles. The van der Waals surface area contributed by atoms with E-state index in [0.29, 0.717) is 0 Å². The van der Waals surface area contributed by atoms with E-state index in [1.54, 1.807) is 0 Å². The monoisotopic (exact) mass is 197 g/mol. The maximum absolute atomic E-state index is 7.98. The molecule has 0 fully saturated rings. The number of rotatable bonds is 2. The number of hydrogen-bond acceptors (Lipinski definition) is 1. The van der Waals surface area contributed by atoms with Crippen LogP contribution in [0, 0.1) is 21.7 Å². The molecule has 0 spiro atoms. The first kappa shape index (κ1) is 13.7. The van der Waals surface area contributed by atoms with Crippen molar-refractivity contribution < 1.29 is 0 Å². The molecular formula is C13H27N. The van der Waals surface area contributed by atoms with E-state index in [9.17, 15) is 0 Å². The summed E-state index contributed by atoms with van der Waals surface area (Å²) < 4.78 is 0. The quantitative estimate of drug-likeness (QED) is 0.630. The molecule has 14 heavy (non-hydrogen) atoms. The molecule has 1 nitrogen and oxygen atoms in total. The third-order valence-corrected chi connectivity index (χ3v) is 3.37. The van der Waals surface area contributed by atoms with Gasteiger partial charge in [0.25, 0.3) is 0 Å². The van der Waals surface area contributed by atoms with Crippen LogP contribution in [-0.2, 0) is 0 Å². The Morgan fingerprint density at radius 1 is 0.929 bits per heavy atom. The van der Waals surface area contributed by atoms with E-state index in [1.165, 1.54) is 0 Å². The third-order valence-electron chi connectivity index (χ3n) is 3.37. The van der Waals surface area contributed by atoms with Gasteiger partial charge in [0.05, 0.1) is 0 Å². The van der Waals surface area contributed by atoms with E-state index in [2.05, 4.69) is 48.5 Å². The van der Waals surface area contributed by atoms with Crippen LogP contribution in [0.15, 0.2) is 0 Å². The predicted molar refractivity (Wildman–Crippen MR) is 65.0 cm³/mol. The zero-order valence-electron chi connectivity index (χ0n) is 11.2. The molecule has 1 N–H and O–H groups in total. The normalized spacial score (nSPS) is 17.7. The van der Waals surface area contributed by atoms with Gasteiger partial charge in [-0.15, -0.1) is 0 Å². The lowest BCUT2D eigenvalue weighted by atomic mass is 9.59. The van der Waals surface area contributed by atoms with E-state index in [-0.39, 0.29) is 16.2 Å². The second-order valence-electron chi connectivity index (χ2n) is 6.94. The summed E-state index contributed by atoms with van der Waals surface area (Å²) in [7, 11) is 0. The fourth-order valence-electron chi connectivity index (χ4n) is 2.02. The van der Waals surface area contributed by atoms with Gasteiger partial charge in [-0.3, -0.25) is 0 Å². The van der Waals surface area contributed by atoms with Crippen molar-refractivity contribution in [2.45, 2.75) is 61.8 Å². The lowest BCUT2D eigenvalue weighted by molar-refractivity contribution is 0.123. The van der Waals surface area contributed by atoms with Gasteiger partial charge in [0.1, 0.15) is 0 Å². The van der Waals surface area contributed by atoms with Crippen molar-refractivity contribution in [1.29, 1.82) is 5.41 Å². The van der Waals surface area contributed by atoms with E-state index in [0.717, 1.165) is 12.1 Å². The molecule has 0 radical (unpaired) electrons. The first-order valence-electron chi connectivity index (χ1n) is 5.46. The van der Waals surface area contributed by atoms with Gasteiger partial charge in [-0.05, 0) is 24.2 Å². The summed E-state index contributed by atoms with van der Waals surface area (Å²) in [5.74, 6) is 0. The molecule has 1 atom stereocenters. The fraction of sp³-hybridized carbons (Fsp3) is 0.923. The SMILES string of the molecule is CC(=N)C(C)(CC(C)(C)C)C(C)(C)C. The molecule has 0 saturated heterocycles. The summed E-state index contributed by atoms with van der Waals surface area (Å²) in [5, 5.41) is 7.98. The molecule has 0 aliphatic rings. The maximum atomic E-state index is 7.98. The minimum absolute atomic E-state index is 0.00521. The van der Waals surface area contributed by atoms with Crippen molar-refractivity contribution in [3.05, 3.63) is 0 Å². The standard InChI is InChI=1S/C13H27N/c1-10(14)13(8,12(5,6)7)9-11(2,3)4/h14H,9H2,1-8H3. The predicted octanol–water partition coefficient (Wildman–Crippen LogP) is 4.51. The smallest absolute Gasteiger partial charge is 0.0123 e. The third kappa shape index (κ3) is 3.11. The molecule has 1 heteroatoms. The first-order valence-corrected chi connectivity index (χ1v) is 5.46. The van der Waals surface area contributed by atoms with Crippen LogP contribution >= 0.6 is 0 Å². The maximum Gasteiger partial charge on any atom is 0.0123 e. The van der Waals surface area contributed by atoms with E-state index in [1.807, 2.05) is 6.92 Å². The summed E-state index contributed by atoms with van der Waals surface area (Å²) in [5.41, 5.74) is 1.25. The summed E-state index contributed by atoms with van der Waals surface area (Å²) in [6, 6.07) is 0. The summed E-state index contributed by atoms with van der Waals surface area (Å²) in [4.78, 5) is 0. The highest BCUT2D eigenvalue weighted by Gasteiger charge is 2.41. The first-order chi connectivity index (χ1) is 5.90. The van der Waals surface area contributed by atoms with E-state index >= 15 is 0 Å². The molecule has 0 aromatic carbocycles. The second-order valence-corrected chi connectivity index (χ2v) is 6.94. The Kier molecular flexibility index (Phi) is 3.59. The van der Waals surface area contributed by atoms with Crippen molar-refractivity contribution in [1.82, 2.24) is 0 Å². The molecule has 0 saturated carbocycles. The molecule has 0 rings (SSSR count). The van der Waals surface area contributed by atoms with Crippen LogP contribution in [0.4, 0.5) is 0 Å². The molecule has 0 aromatic heterocycles. The number of nitrogens with one attached hydrogen (secondary N) is 1. The van der Waals surface area contributed by atoms with E-state index < -0.39 is 0 Å². The minimum Gasteiger partial charge on any atom is -0.309 e. The Morgan fingerprint density at radius 2 is 1.29 bits per heavy atom. The average Bonchev–Trinajstić information content (AvgIpc) is 1.79. The van der Waals surface area contributed by atoms with Gasteiger partial charge >= 0.3 is 0 Å². The van der Waals surface area contributed by atoms with Gasteiger partial charge in [-0.2, -0.15) is 0 Å². The van der Waals surface area contributed by atoms with E-state index in [4.69, 9.17) is 5.41 Å². The molecule has 0 bridgehead atoms. The molecule has 0 aliphatic carbocycles. The van der Waals surface area contributed by atoms with Crippen LogP contribution < -0.4 is 0 Å². The second kappa shape index (κ2) is 3.67. The lowest BCUT2D eigenvalue weighted by Crippen LogP contribution is -2.41. The van der Waals surface area contributed by atoms with Crippen LogP contribution in [0.2, 0.25) is 0 Å². The van der Waals surface area contributed by atoms with Crippen LogP contribution in [-0.4, -0.2) is 5.71 Å². The molecular weight excluding hydrogens is 170 g/mol. The Labute approximate surface area is 89.8 Å². The molecule has 84 valence electrons. The minimum atomic E-state index is 0.00521. The van der Waals surface area contributed by atoms with Crippen LogP contribution in [0.3, 0.4) is 0 Å².